The third-order valence-electron chi connectivity index (χ3n) is 11.9. The van der Waals surface area contributed by atoms with Crippen LogP contribution in [0.15, 0.2) is 60.8 Å². The molecular formula is C57H106N2O7P+. The Bertz CT molecular complexity index is 1340. The fourth-order valence-corrected chi connectivity index (χ4v) is 8.31. The molecule has 0 heterocycles. The number of quaternary nitrogens is 1. The van der Waals surface area contributed by atoms with Gasteiger partial charge < -0.3 is 19.4 Å². The molecule has 0 aliphatic heterocycles. The number of allylic oxidation sites excluding steroid dienone is 9. The van der Waals surface area contributed by atoms with Crippen molar-refractivity contribution in [2.45, 2.75) is 251 Å². The van der Waals surface area contributed by atoms with Crippen LogP contribution in [0.2, 0.25) is 0 Å². The predicted molar refractivity (Wildman–Crippen MR) is 286 cm³/mol. The van der Waals surface area contributed by atoms with E-state index in [0.29, 0.717) is 23.9 Å². The Morgan fingerprint density at radius 3 is 1.45 bits per heavy atom. The third kappa shape index (κ3) is 48.5. The highest BCUT2D eigenvalue weighted by Gasteiger charge is 2.30. The number of amides is 1. The van der Waals surface area contributed by atoms with Gasteiger partial charge in [-0.25, -0.2) is 4.57 Å². The van der Waals surface area contributed by atoms with Crippen LogP contribution in [0.3, 0.4) is 0 Å². The Morgan fingerprint density at radius 2 is 0.925 bits per heavy atom. The second-order valence-corrected chi connectivity index (χ2v) is 21.2. The van der Waals surface area contributed by atoms with E-state index in [1.165, 1.54) is 96.3 Å². The lowest BCUT2D eigenvalue weighted by atomic mass is 10.0. The number of ether oxygens (including phenoxy) is 1. The molecule has 0 saturated heterocycles. The fourth-order valence-electron chi connectivity index (χ4n) is 7.57. The van der Waals surface area contributed by atoms with Crippen LogP contribution in [0.5, 0.6) is 0 Å². The highest BCUT2D eigenvalue weighted by molar-refractivity contribution is 7.47. The molecule has 0 aromatic heterocycles. The third-order valence-corrected chi connectivity index (χ3v) is 12.9. The number of rotatable bonds is 49. The van der Waals surface area contributed by atoms with Crippen molar-refractivity contribution in [3.63, 3.8) is 0 Å². The highest BCUT2D eigenvalue weighted by atomic mass is 31.2. The lowest BCUT2D eigenvalue weighted by molar-refractivity contribution is -0.870. The Kier molecular flexibility index (Phi) is 45.8. The Morgan fingerprint density at radius 1 is 0.522 bits per heavy atom. The quantitative estimate of drug-likeness (QED) is 0.0205. The van der Waals surface area contributed by atoms with Crippen LogP contribution >= 0.6 is 7.82 Å². The van der Waals surface area contributed by atoms with Crippen molar-refractivity contribution in [2.24, 2.45) is 0 Å². The second-order valence-electron chi connectivity index (χ2n) is 19.7. The molecule has 3 unspecified atom stereocenters. The van der Waals surface area contributed by atoms with E-state index in [-0.39, 0.29) is 31.5 Å². The molecular weight excluding hydrogens is 856 g/mol. The van der Waals surface area contributed by atoms with Gasteiger partial charge in [0.15, 0.2) is 0 Å². The van der Waals surface area contributed by atoms with Crippen molar-refractivity contribution in [1.82, 2.24) is 5.32 Å². The minimum Gasteiger partial charge on any atom is -0.456 e. The van der Waals surface area contributed by atoms with Gasteiger partial charge in [-0.15, -0.1) is 0 Å². The van der Waals surface area contributed by atoms with Gasteiger partial charge in [0, 0.05) is 12.8 Å². The van der Waals surface area contributed by atoms with E-state index >= 15 is 0 Å². The first-order valence-electron chi connectivity index (χ1n) is 27.6. The first-order chi connectivity index (χ1) is 32.4. The smallest absolute Gasteiger partial charge is 0.456 e. The van der Waals surface area contributed by atoms with Crippen molar-refractivity contribution in [1.29, 1.82) is 0 Å². The largest absolute Gasteiger partial charge is 0.472 e. The van der Waals surface area contributed by atoms with Gasteiger partial charge in [-0.05, 0) is 89.5 Å². The maximum atomic E-state index is 13.4. The van der Waals surface area contributed by atoms with Crippen LogP contribution in [-0.2, 0) is 27.9 Å². The van der Waals surface area contributed by atoms with E-state index in [9.17, 15) is 19.0 Å². The number of unbranched alkanes of at least 4 members (excludes halogenated alkanes) is 25. The standard InChI is InChI=1S/C57H105N2O7P/c1-7-10-13-16-19-22-25-27-28-29-30-32-35-38-41-44-47-50-57(61)66-55(48-45-42-39-36-34-31-26-23-20-17-14-11-8-2)54(53-65-67(62,63)64-52-51-59(4,5)6)58-56(60)49-46-43-40-37-33-24-21-18-15-12-9-3/h18-19,21-22,27-28,30,32,45,48,54-55H,7-17,20,23-26,29,31,33-44,46-47,49-53H2,1-6H3,(H-,58,60,62,63)/p+1/b21-18-,22-19-,28-27-,32-30-,48-45-. The summed E-state index contributed by atoms with van der Waals surface area (Å²) < 4.78 is 30.5. The molecule has 3 atom stereocenters. The molecule has 0 radical (unpaired) electrons. The Hall–Kier alpha value is -2.29. The number of hydrogen-bond donors (Lipinski definition) is 2. The zero-order chi connectivity index (χ0) is 49.4. The molecule has 0 rings (SSSR count). The normalized spacial score (nSPS) is 14.3. The molecule has 9 nitrogen and oxygen atoms in total. The summed E-state index contributed by atoms with van der Waals surface area (Å²) in [4.78, 5) is 37.5. The summed E-state index contributed by atoms with van der Waals surface area (Å²) in [6.07, 6.45) is 57.8. The van der Waals surface area contributed by atoms with Gasteiger partial charge in [-0.3, -0.25) is 18.6 Å². The minimum absolute atomic E-state index is 0.0335. The van der Waals surface area contributed by atoms with Crippen molar-refractivity contribution < 1.29 is 37.3 Å². The summed E-state index contributed by atoms with van der Waals surface area (Å²) in [5.41, 5.74) is 0. The lowest BCUT2D eigenvalue weighted by Crippen LogP contribution is -2.47. The van der Waals surface area contributed by atoms with Gasteiger partial charge in [-0.2, -0.15) is 0 Å². The Labute approximate surface area is 413 Å². The van der Waals surface area contributed by atoms with Gasteiger partial charge in [0.25, 0.3) is 0 Å². The van der Waals surface area contributed by atoms with Crippen LogP contribution in [0.1, 0.15) is 239 Å². The summed E-state index contributed by atoms with van der Waals surface area (Å²) in [6, 6.07) is -0.861. The summed E-state index contributed by atoms with van der Waals surface area (Å²) in [7, 11) is 1.47. The summed E-state index contributed by atoms with van der Waals surface area (Å²) in [5, 5.41) is 3.03. The van der Waals surface area contributed by atoms with Gasteiger partial charge in [-0.1, -0.05) is 197 Å². The van der Waals surface area contributed by atoms with Crippen LogP contribution in [0.4, 0.5) is 0 Å². The van der Waals surface area contributed by atoms with Crippen LogP contribution < -0.4 is 5.32 Å². The van der Waals surface area contributed by atoms with E-state index in [0.717, 1.165) is 103 Å². The van der Waals surface area contributed by atoms with Gasteiger partial charge in [0.2, 0.25) is 5.91 Å². The zero-order valence-electron chi connectivity index (χ0n) is 44.4. The maximum Gasteiger partial charge on any atom is 0.472 e. The average Bonchev–Trinajstić information content (AvgIpc) is 3.28. The molecule has 67 heavy (non-hydrogen) atoms. The first kappa shape index (κ1) is 64.7. The van der Waals surface area contributed by atoms with Crippen molar-refractivity contribution in [3.8, 4) is 0 Å². The molecule has 10 heteroatoms. The van der Waals surface area contributed by atoms with Gasteiger partial charge >= 0.3 is 13.8 Å². The van der Waals surface area contributed by atoms with Gasteiger partial charge in [0.1, 0.15) is 19.3 Å². The summed E-state index contributed by atoms with van der Waals surface area (Å²) in [5.74, 6) is -0.543. The van der Waals surface area contributed by atoms with E-state index in [1.807, 2.05) is 33.3 Å². The fraction of sp³-hybridized carbons (Fsp3) is 0.789. The number of phosphoric acid groups is 1. The molecule has 0 bridgehead atoms. The lowest BCUT2D eigenvalue weighted by Gasteiger charge is -2.27. The number of esters is 1. The molecule has 1 amide bonds. The number of likely N-dealkylation sites (N-methyl/N-ethyl adjacent to an activating group) is 1. The molecule has 0 aliphatic rings. The molecule has 0 fully saturated rings. The number of carbonyl (C=O) groups excluding carboxylic acids is 2. The van der Waals surface area contributed by atoms with Crippen LogP contribution in [0.25, 0.3) is 0 Å². The van der Waals surface area contributed by atoms with E-state index in [4.69, 9.17) is 13.8 Å². The highest BCUT2D eigenvalue weighted by Crippen LogP contribution is 2.43. The van der Waals surface area contributed by atoms with Crippen LogP contribution in [-0.4, -0.2) is 74.3 Å². The number of carbonyl (C=O) groups is 2. The number of nitrogens with zero attached hydrogens (tertiary/aromatic N) is 1. The minimum atomic E-state index is -4.45. The zero-order valence-corrected chi connectivity index (χ0v) is 45.3. The molecule has 0 aromatic carbocycles. The van der Waals surface area contributed by atoms with Gasteiger partial charge in [0.05, 0.1) is 33.8 Å². The first-order valence-corrected chi connectivity index (χ1v) is 29.1. The molecule has 2 N–H and O–H groups in total. The van der Waals surface area contributed by atoms with E-state index in [1.54, 1.807) is 0 Å². The van der Waals surface area contributed by atoms with Crippen molar-refractivity contribution >= 4 is 19.7 Å². The maximum absolute atomic E-state index is 13.4. The molecule has 0 aliphatic carbocycles. The van der Waals surface area contributed by atoms with Crippen molar-refractivity contribution in [2.75, 3.05) is 40.9 Å². The summed E-state index contributed by atoms with van der Waals surface area (Å²) >= 11 is 0. The molecule has 0 saturated carbocycles. The number of hydrogen-bond acceptors (Lipinski definition) is 6. The predicted octanol–water partition coefficient (Wildman–Crippen LogP) is 16.3. The van der Waals surface area contributed by atoms with Crippen LogP contribution in [0, 0.1) is 0 Å². The molecule has 0 aromatic rings. The average molecular weight is 962 g/mol. The monoisotopic (exact) mass is 962 g/mol. The molecule has 0 spiro atoms. The second kappa shape index (κ2) is 47.4. The Balaban J connectivity index is 5.44. The van der Waals surface area contributed by atoms with E-state index in [2.05, 4.69) is 74.7 Å². The number of phosphoric ester groups is 1. The summed E-state index contributed by atoms with van der Waals surface area (Å²) in [6.45, 7) is 6.91. The topological polar surface area (TPSA) is 111 Å². The van der Waals surface area contributed by atoms with Crippen molar-refractivity contribution in [3.05, 3.63) is 60.8 Å². The SMILES string of the molecule is CCCC/C=C\CCCCCCCC(=O)NC(COP(=O)(O)OCC[N+](C)(C)C)C(/C=C\CCCCCCCCCCCCC)OC(=O)CCCCCC/C=C\C/C=C\C/C=C\CCCCC. The number of nitrogens with one attached hydrogen (secondary N) is 1. The molecule has 390 valence electrons. The van der Waals surface area contributed by atoms with E-state index < -0.39 is 20.0 Å².